The van der Waals surface area contributed by atoms with E-state index < -0.39 is 0 Å². The van der Waals surface area contributed by atoms with Gasteiger partial charge in [0, 0.05) is 6.20 Å². The van der Waals surface area contributed by atoms with Crippen molar-refractivity contribution in [3.05, 3.63) is 23.9 Å². The van der Waals surface area contributed by atoms with Crippen LogP contribution in [0.15, 0.2) is 18.3 Å². The van der Waals surface area contributed by atoms with Gasteiger partial charge in [0.1, 0.15) is 5.56 Å². The van der Waals surface area contributed by atoms with Crippen LogP contribution in [0.4, 0.5) is 0 Å². The van der Waals surface area contributed by atoms with Crippen LogP contribution in [0.5, 0.6) is 5.88 Å². The molecule has 1 fully saturated rings. The fourth-order valence-electron chi connectivity index (χ4n) is 1.92. The highest BCUT2D eigenvalue weighted by Crippen LogP contribution is 2.20. The molecule has 0 atom stereocenters. The second-order valence-electron chi connectivity index (χ2n) is 4.02. The molecule has 0 radical (unpaired) electrons. The first-order valence-corrected chi connectivity index (χ1v) is 5.76. The molecule has 1 amide bonds. The van der Waals surface area contributed by atoms with Gasteiger partial charge in [-0.1, -0.05) is 12.8 Å². The zero-order valence-electron chi connectivity index (χ0n) is 9.81. The molecule has 0 bridgehead atoms. The number of hydroxylamine groups is 1. The van der Waals surface area contributed by atoms with Crippen molar-refractivity contribution in [1.82, 2.24) is 10.5 Å². The molecule has 1 saturated carbocycles. The van der Waals surface area contributed by atoms with Crippen molar-refractivity contribution in [1.29, 1.82) is 0 Å². The Balaban J connectivity index is 1.94. The number of amides is 1. The van der Waals surface area contributed by atoms with Crippen LogP contribution in [-0.2, 0) is 4.84 Å². The number of nitrogens with one attached hydrogen (secondary N) is 1. The van der Waals surface area contributed by atoms with E-state index in [4.69, 9.17) is 9.57 Å². The molecule has 5 heteroatoms. The number of carbonyl (C=O) groups excluding carboxylic acids is 1. The molecule has 1 N–H and O–H groups in total. The third kappa shape index (κ3) is 2.94. The number of aromatic nitrogens is 1. The van der Waals surface area contributed by atoms with E-state index in [9.17, 15) is 4.79 Å². The molecule has 0 aromatic carbocycles. The topological polar surface area (TPSA) is 60.5 Å². The number of rotatable bonds is 4. The van der Waals surface area contributed by atoms with Crippen LogP contribution in [-0.4, -0.2) is 24.1 Å². The summed E-state index contributed by atoms with van der Waals surface area (Å²) in [5.74, 6) is -0.0122. The molecular weight excluding hydrogens is 220 g/mol. The van der Waals surface area contributed by atoms with E-state index in [0.29, 0.717) is 11.4 Å². The Morgan fingerprint density at radius 2 is 2.24 bits per heavy atom. The smallest absolute Gasteiger partial charge is 0.280 e. The van der Waals surface area contributed by atoms with Gasteiger partial charge < -0.3 is 4.74 Å². The predicted octanol–water partition coefficient (Wildman–Crippen LogP) is 1.69. The Bertz CT molecular complexity index is 389. The first-order chi connectivity index (χ1) is 8.31. The minimum Gasteiger partial charge on any atom is -0.480 e. The summed E-state index contributed by atoms with van der Waals surface area (Å²) >= 11 is 0. The molecule has 1 heterocycles. The molecule has 0 saturated heterocycles. The first-order valence-electron chi connectivity index (χ1n) is 5.76. The summed E-state index contributed by atoms with van der Waals surface area (Å²) in [7, 11) is 1.48. The number of pyridine rings is 1. The highest BCUT2D eigenvalue weighted by molar-refractivity contribution is 5.95. The fourth-order valence-corrected chi connectivity index (χ4v) is 1.92. The zero-order chi connectivity index (χ0) is 12.1. The lowest BCUT2D eigenvalue weighted by molar-refractivity contribution is -0.0126. The van der Waals surface area contributed by atoms with Crippen LogP contribution >= 0.6 is 0 Å². The number of nitrogens with zero attached hydrogens (tertiary/aromatic N) is 1. The van der Waals surface area contributed by atoms with Gasteiger partial charge in [-0.2, -0.15) is 0 Å². The third-order valence-electron chi connectivity index (χ3n) is 2.83. The van der Waals surface area contributed by atoms with Crippen molar-refractivity contribution in [2.75, 3.05) is 7.11 Å². The van der Waals surface area contributed by atoms with Crippen LogP contribution in [0.3, 0.4) is 0 Å². The highest BCUT2D eigenvalue weighted by atomic mass is 16.7. The van der Waals surface area contributed by atoms with Crippen molar-refractivity contribution in [3.8, 4) is 5.88 Å². The second kappa shape index (κ2) is 5.63. The predicted molar refractivity (Wildman–Crippen MR) is 61.6 cm³/mol. The SMILES string of the molecule is COc1ncccc1C(=O)NOC1CCCC1. The first kappa shape index (κ1) is 11.9. The molecule has 1 aromatic rings. The maximum Gasteiger partial charge on any atom is 0.280 e. The standard InChI is InChI=1S/C12H16N2O3/c1-16-12-10(7-4-8-13-12)11(15)14-17-9-5-2-3-6-9/h4,7-9H,2-3,5-6H2,1H3,(H,14,15). The maximum absolute atomic E-state index is 11.8. The Hall–Kier alpha value is -1.62. The third-order valence-corrected chi connectivity index (χ3v) is 2.83. The Morgan fingerprint density at radius 3 is 2.94 bits per heavy atom. The summed E-state index contributed by atoms with van der Waals surface area (Å²) in [5, 5.41) is 0. The van der Waals surface area contributed by atoms with Crippen molar-refractivity contribution >= 4 is 5.91 Å². The summed E-state index contributed by atoms with van der Waals surface area (Å²) in [5.41, 5.74) is 2.84. The quantitative estimate of drug-likeness (QED) is 0.808. The molecule has 17 heavy (non-hydrogen) atoms. The number of ether oxygens (including phenoxy) is 1. The summed E-state index contributed by atoms with van der Waals surface area (Å²) in [6.07, 6.45) is 6.05. The van der Waals surface area contributed by atoms with Gasteiger partial charge in [-0.25, -0.2) is 10.5 Å². The molecule has 0 aliphatic heterocycles. The lowest BCUT2D eigenvalue weighted by atomic mass is 10.2. The van der Waals surface area contributed by atoms with Gasteiger partial charge in [0.2, 0.25) is 5.88 Å². The Labute approximate surface area is 100 Å². The normalized spacial score (nSPS) is 15.8. The van der Waals surface area contributed by atoms with Crippen molar-refractivity contribution in [3.63, 3.8) is 0 Å². The molecule has 1 aliphatic carbocycles. The summed E-state index contributed by atoms with van der Waals surface area (Å²) in [4.78, 5) is 21.1. The van der Waals surface area contributed by atoms with E-state index in [-0.39, 0.29) is 12.0 Å². The summed E-state index contributed by atoms with van der Waals surface area (Å²) in [6, 6.07) is 3.34. The molecular formula is C12H16N2O3. The van der Waals surface area contributed by atoms with Gasteiger partial charge in [-0.05, 0) is 25.0 Å². The van der Waals surface area contributed by atoms with E-state index in [1.807, 2.05) is 0 Å². The minimum absolute atomic E-state index is 0.140. The van der Waals surface area contributed by atoms with Crippen LogP contribution in [0.1, 0.15) is 36.0 Å². The molecule has 1 aromatic heterocycles. The lowest BCUT2D eigenvalue weighted by Crippen LogP contribution is -2.28. The number of hydrogen-bond donors (Lipinski definition) is 1. The van der Waals surface area contributed by atoms with Gasteiger partial charge in [-0.15, -0.1) is 0 Å². The number of methoxy groups -OCH3 is 1. The van der Waals surface area contributed by atoms with Crippen molar-refractivity contribution in [2.45, 2.75) is 31.8 Å². The largest absolute Gasteiger partial charge is 0.480 e. The Morgan fingerprint density at radius 1 is 1.47 bits per heavy atom. The minimum atomic E-state index is -0.318. The van der Waals surface area contributed by atoms with Crippen molar-refractivity contribution < 1.29 is 14.4 Å². The van der Waals surface area contributed by atoms with Crippen molar-refractivity contribution in [2.24, 2.45) is 0 Å². The van der Waals surface area contributed by atoms with E-state index in [0.717, 1.165) is 25.7 Å². The van der Waals surface area contributed by atoms with Gasteiger partial charge in [0.15, 0.2) is 0 Å². The molecule has 2 rings (SSSR count). The summed E-state index contributed by atoms with van der Waals surface area (Å²) in [6.45, 7) is 0. The van der Waals surface area contributed by atoms with Gasteiger partial charge in [0.25, 0.3) is 5.91 Å². The number of hydrogen-bond acceptors (Lipinski definition) is 4. The second-order valence-corrected chi connectivity index (χ2v) is 4.02. The Kier molecular flexibility index (Phi) is 3.93. The molecule has 0 spiro atoms. The monoisotopic (exact) mass is 236 g/mol. The molecule has 1 aliphatic rings. The van der Waals surface area contributed by atoms with Crippen LogP contribution in [0.2, 0.25) is 0 Å². The van der Waals surface area contributed by atoms with E-state index in [1.54, 1.807) is 18.3 Å². The average molecular weight is 236 g/mol. The van der Waals surface area contributed by atoms with E-state index in [1.165, 1.54) is 7.11 Å². The summed E-state index contributed by atoms with van der Waals surface area (Å²) < 4.78 is 5.01. The fraction of sp³-hybridized carbons (Fsp3) is 0.500. The van der Waals surface area contributed by atoms with E-state index in [2.05, 4.69) is 10.5 Å². The molecule has 92 valence electrons. The number of carbonyl (C=O) groups is 1. The lowest BCUT2D eigenvalue weighted by Gasteiger charge is -2.12. The molecule has 0 unspecified atom stereocenters. The van der Waals surface area contributed by atoms with E-state index >= 15 is 0 Å². The van der Waals surface area contributed by atoms with Crippen LogP contribution < -0.4 is 10.2 Å². The van der Waals surface area contributed by atoms with Crippen LogP contribution in [0, 0.1) is 0 Å². The van der Waals surface area contributed by atoms with Gasteiger partial charge in [-0.3, -0.25) is 9.63 Å². The van der Waals surface area contributed by atoms with Gasteiger partial charge >= 0.3 is 0 Å². The highest BCUT2D eigenvalue weighted by Gasteiger charge is 2.18. The molecule has 5 nitrogen and oxygen atoms in total. The van der Waals surface area contributed by atoms with Crippen LogP contribution in [0.25, 0.3) is 0 Å². The maximum atomic E-state index is 11.8. The zero-order valence-corrected chi connectivity index (χ0v) is 9.81. The van der Waals surface area contributed by atoms with Gasteiger partial charge in [0.05, 0.1) is 13.2 Å². The average Bonchev–Trinajstić information content (AvgIpc) is 2.89.